The molecule has 0 aliphatic carbocycles. The van der Waals surface area contributed by atoms with Gasteiger partial charge < -0.3 is 9.30 Å². The third kappa shape index (κ3) is 2.17. The molecule has 104 valence electrons. The first-order valence-corrected chi connectivity index (χ1v) is 6.63. The van der Waals surface area contributed by atoms with Crippen molar-refractivity contribution in [2.45, 2.75) is 26.3 Å². The van der Waals surface area contributed by atoms with Crippen LogP contribution in [-0.2, 0) is 22.5 Å². The van der Waals surface area contributed by atoms with E-state index in [2.05, 4.69) is 15.2 Å². The van der Waals surface area contributed by atoms with Crippen LogP contribution >= 0.6 is 0 Å². The van der Waals surface area contributed by atoms with Crippen LogP contribution in [-0.4, -0.2) is 32.8 Å². The fraction of sp³-hybridized carbons (Fsp3) is 0.429. The van der Waals surface area contributed by atoms with Gasteiger partial charge in [0.2, 0.25) is 0 Å². The van der Waals surface area contributed by atoms with Crippen LogP contribution in [0.4, 0.5) is 0 Å². The smallest absolute Gasteiger partial charge is 0.309 e. The number of hydrogen-bond acceptors (Lipinski definition) is 5. The van der Waals surface area contributed by atoms with Crippen molar-refractivity contribution in [1.29, 1.82) is 0 Å². The van der Waals surface area contributed by atoms with E-state index in [0.29, 0.717) is 13.0 Å². The monoisotopic (exact) mass is 272 g/mol. The highest BCUT2D eigenvalue weighted by molar-refractivity contribution is 5.72. The zero-order chi connectivity index (χ0) is 14.1. The van der Waals surface area contributed by atoms with E-state index < -0.39 is 0 Å². The summed E-state index contributed by atoms with van der Waals surface area (Å²) in [6, 6.07) is 5.83. The van der Waals surface area contributed by atoms with Crippen molar-refractivity contribution in [2.75, 3.05) is 7.11 Å². The van der Waals surface area contributed by atoms with Crippen molar-refractivity contribution in [2.24, 2.45) is 5.92 Å². The Kier molecular flexibility index (Phi) is 3.22. The van der Waals surface area contributed by atoms with Gasteiger partial charge in [0.25, 0.3) is 0 Å². The van der Waals surface area contributed by atoms with Crippen molar-refractivity contribution in [3.05, 3.63) is 29.7 Å². The topological polar surface area (TPSA) is 69.9 Å². The first kappa shape index (κ1) is 12.8. The lowest BCUT2D eigenvalue weighted by Gasteiger charge is -2.21. The first-order chi connectivity index (χ1) is 9.69. The van der Waals surface area contributed by atoms with Gasteiger partial charge in [0, 0.05) is 18.7 Å². The van der Waals surface area contributed by atoms with Gasteiger partial charge in [0.1, 0.15) is 11.5 Å². The molecule has 2 aromatic rings. The number of methoxy groups -OCH3 is 1. The molecular weight excluding hydrogens is 256 g/mol. The number of carbonyl (C=O) groups excluding carboxylic acids is 1. The fourth-order valence-corrected chi connectivity index (χ4v) is 2.55. The van der Waals surface area contributed by atoms with Gasteiger partial charge in [0.15, 0.2) is 5.82 Å². The lowest BCUT2D eigenvalue weighted by Crippen LogP contribution is -2.27. The molecule has 1 unspecified atom stereocenters. The number of ether oxygens (including phenoxy) is 1. The number of aromatic nitrogens is 4. The SMILES string of the molecule is COC(=O)C1CCn2c(nnc2-c2cccc(C)n2)C1. The first-order valence-electron chi connectivity index (χ1n) is 6.63. The van der Waals surface area contributed by atoms with Crippen LogP contribution in [0.3, 0.4) is 0 Å². The number of nitrogens with zero attached hydrogens (tertiary/aromatic N) is 4. The molecule has 0 radical (unpaired) electrons. The number of carbonyl (C=O) groups is 1. The molecule has 0 amide bonds. The number of hydrogen-bond donors (Lipinski definition) is 0. The Morgan fingerprint density at radius 3 is 3.00 bits per heavy atom. The van der Waals surface area contributed by atoms with E-state index in [9.17, 15) is 4.79 Å². The maximum atomic E-state index is 11.6. The largest absolute Gasteiger partial charge is 0.469 e. The van der Waals surface area contributed by atoms with Crippen LogP contribution in [0, 0.1) is 12.8 Å². The van der Waals surface area contributed by atoms with Gasteiger partial charge in [-0.2, -0.15) is 0 Å². The normalized spacial score (nSPS) is 17.6. The fourth-order valence-electron chi connectivity index (χ4n) is 2.55. The summed E-state index contributed by atoms with van der Waals surface area (Å²) in [5.74, 6) is 1.31. The van der Waals surface area contributed by atoms with Gasteiger partial charge in [-0.25, -0.2) is 4.98 Å². The molecule has 0 bridgehead atoms. The van der Waals surface area contributed by atoms with E-state index in [1.54, 1.807) is 0 Å². The van der Waals surface area contributed by atoms with Crippen molar-refractivity contribution in [1.82, 2.24) is 19.7 Å². The molecule has 1 atom stereocenters. The lowest BCUT2D eigenvalue weighted by molar-refractivity contribution is -0.146. The molecular formula is C14H16N4O2. The molecule has 3 rings (SSSR count). The van der Waals surface area contributed by atoms with Gasteiger partial charge in [-0.3, -0.25) is 4.79 Å². The number of pyridine rings is 1. The standard InChI is InChI=1S/C14H16N4O2/c1-9-4-3-5-11(15-9)13-17-16-12-8-10(14(19)20-2)6-7-18(12)13/h3-5,10H,6-8H2,1-2H3. The second-order valence-corrected chi connectivity index (χ2v) is 4.97. The summed E-state index contributed by atoms with van der Waals surface area (Å²) >= 11 is 0. The predicted octanol–water partition coefficient (Wildman–Crippen LogP) is 1.38. The molecule has 0 fully saturated rings. The third-order valence-electron chi connectivity index (χ3n) is 3.61. The average Bonchev–Trinajstić information content (AvgIpc) is 2.89. The maximum absolute atomic E-state index is 11.6. The Balaban J connectivity index is 1.92. The Labute approximate surface area is 116 Å². The highest BCUT2D eigenvalue weighted by Gasteiger charge is 2.28. The summed E-state index contributed by atoms with van der Waals surface area (Å²) in [6.45, 7) is 2.66. The molecule has 20 heavy (non-hydrogen) atoms. The quantitative estimate of drug-likeness (QED) is 0.772. The molecule has 0 aromatic carbocycles. The predicted molar refractivity (Wildman–Crippen MR) is 71.8 cm³/mol. The zero-order valence-corrected chi connectivity index (χ0v) is 11.5. The minimum absolute atomic E-state index is 0.116. The van der Waals surface area contributed by atoms with Crippen LogP contribution in [0.25, 0.3) is 11.5 Å². The summed E-state index contributed by atoms with van der Waals surface area (Å²) in [6.07, 6.45) is 1.32. The molecule has 1 aliphatic heterocycles. The number of esters is 1. The van der Waals surface area contributed by atoms with E-state index >= 15 is 0 Å². The van der Waals surface area contributed by atoms with Crippen LogP contribution in [0.2, 0.25) is 0 Å². The average molecular weight is 272 g/mol. The summed E-state index contributed by atoms with van der Waals surface area (Å²) in [5.41, 5.74) is 1.77. The van der Waals surface area contributed by atoms with Gasteiger partial charge in [0.05, 0.1) is 13.0 Å². The molecule has 0 saturated heterocycles. The summed E-state index contributed by atoms with van der Waals surface area (Å²) < 4.78 is 6.85. The molecule has 0 spiro atoms. The summed E-state index contributed by atoms with van der Waals surface area (Å²) in [4.78, 5) is 16.1. The highest BCUT2D eigenvalue weighted by Crippen LogP contribution is 2.25. The Bertz CT molecular complexity index is 650. The van der Waals surface area contributed by atoms with Gasteiger partial charge in [-0.1, -0.05) is 6.07 Å². The molecule has 0 saturated carbocycles. The van der Waals surface area contributed by atoms with Crippen molar-refractivity contribution in [3.63, 3.8) is 0 Å². The molecule has 3 heterocycles. The van der Waals surface area contributed by atoms with Crippen molar-refractivity contribution < 1.29 is 9.53 Å². The van der Waals surface area contributed by atoms with E-state index in [4.69, 9.17) is 4.74 Å². The maximum Gasteiger partial charge on any atom is 0.309 e. The number of fused-ring (bicyclic) bond motifs is 1. The summed E-state index contributed by atoms with van der Waals surface area (Å²) in [5, 5.41) is 8.42. The third-order valence-corrected chi connectivity index (χ3v) is 3.61. The molecule has 0 N–H and O–H groups in total. The zero-order valence-electron chi connectivity index (χ0n) is 11.5. The Hall–Kier alpha value is -2.24. The molecule has 2 aromatic heterocycles. The highest BCUT2D eigenvalue weighted by atomic mass is 16.5. The van der Waals surface area contributed by atoms with Crippen LogP contribution in [0.15, 0.2) is 18.2 Å². The Morgan fingerprint density at radius 1 is 1.40 bits per heavy atom. The lowest BCUT2D eigenvalue weighted by atomic mass is 9.98. The minimum atomic E-state index is -0.172. The number of rotatable bonds is 2. The van der Waals surface area contributed by atoms with Crippen LogP contribution in [0.1, 0.15) is 17.9 Å². The van der Waals surface area contributed by atoms with Crippen LogP contribution < -0.4 is 0 Å². The van der Waals surface area contributed by atoms with E-state index in [1.165, 1.54) is 7.11 Å². The van der Waals surface area contributed by atoms with Gasteiger partial charge in [-0.05, 0) is 25.5 Å². The van der Waals surface area contributed by atoms with E-state index in [0.717, 1.165) is 29.5 Å². The van der Waals surface area contributed by atoms with Crippen molar-refractivity contribution in [3.8, 4) is 11.5 Å². The molecule has 6 heteroatoms. The molecule has 1 aliphatic rings. The molecule has 6 nitrogen and oxygen atoms in total. The minimum Gasteiger partial charge on any atom is -0.469 e. The summed E-state index contributed by atoms with van der Waals surface area (Å²) in [7, 11) is 1.42. The van der Waals surface area contributed by atoms with Crippen molar-refractivity contribution >= 4 is 5.97 Å². The second kappa shape index (κ2) is 5.03. The number of aryl methyl sites for hydroxylation is 1. The second-order valence-electron chi connectivity index (χ2n) is 4.97. The Morgan fingerprint density at radius 2 is 2.25 bits per heavy atom. The van der Waals surface area contributed by atoms with E-state index in [1.807, 2.05) is 29.7 Å². The van der Waals surface area contributed by atoms with E-state index in [-0.39, 0.29) is 11.9 Å². The van der Waals surface area contributed by atoms with Gasteiger partial charge in [-0.15, -0.1) is 10.2 Å². The van der Waals surface area contributed by atoms with Gasteiger partial charge >= 0.3 is 5.97 Å². The van der Waals surface area contributed by atoms with Crippen LogP contribution in [0.5, 0.6) is 0 Å².